The minimum atomic E-state index is -2.14. The van der Waals surface area contributed by atoms with Gasteiger partial charge in [-0.15, -0.1) is 23.2 Å². The van der Waals surface area contributed by atoms with Crippen LogP contribution in [0.4, 0.5) is 15.8 Å². The minimum Gasteiger partial charge on any atom is -0.502 e. The Hall–Kier alpha value is -5.20. The molecule has 14 heteroatoms. The molecule has 2 aliphatic carbocycles. The van der Waals surface area contributed by atoms with E-state index in [1.807, 2.05) is 0 Å². The fourth-order valence-corrected chi connectivity index (χ4v) is 8.79. The van der Waals surface area contributed by atoms with Gasteiger partial charge in [-0.25, -0.2) is 14.1 Å². The third kappa shape index (κ3) is 4.95. The number of carboxylic acids is 1. The molecule has 1 saturated carbocycles. The number of aromatic carboxylic acids is 1. The first-order valence-corrected chi connectivity index (χ1v) is 16.6. The van der Waals surface area contributed by atoms with E-state index in [1.165, 1.54) is 62.8 Å². The normalized spacial score (nSPS) is 28.5. The number of nitrogens with zero attached hydrogens (tertiary/aromatic N) is 2. The number of anilines is 2. The van der Waals surface area contributed by atoms with Crippen LogP contribution in [-0.4, -0.2) is 63.8 Å². The van der Waals surface area contributed by atoms with Crippen molar-refractivity contribution in [1.29, 1.82) is 0 Å². The lowest BCUT2D eigenvalue weighted by Gasteiger charge is -2.49. The van der Waals surface area contributed by atoms with Gasteiger partial charge in [0, 0.05) is 5.92 Å². The van der Waals surface area contributed by atoms with Crippen molar-refractivity contribution in [3.8, 4) is 17.2 Å². The second kappa shape index (κ2) is 12.2. The number of phenolic OH excluding ortho intramolecular Hbond substituents is 1. The fraction of sp³-hybridized carbons (Fsp3) is 0.270. The number of carbonyl (C=O) groups excluding carboxylic acids is 4. The number of allylic oxidation sites excluding steroid dienone is 3. The Bertz CT molecular complexity index is 2080. The van der Waals surface area contributed by atoms with Gasteiger partial charge in [-0.1, -0.05) is 29.9 Å². The van der Waals surface area contributed by atoms with Crippen LogP contribution in [0.5, 0.6) is 17.2 Å². The van der Waals surface area contributed by atoms with Gasteiger partial charge < -0.3 is 19.7 Å². The number of carbonyl (C=O) groups is 5. The maximum Gasteiger partial charge on any atom is 0.335 e. The van der Waals surface area contributed by atoms with Crippen molar-refractivity contribution in [2.24, 2.45) is 23.7 Å². The Balaban J connectivity index is 1.36. The highest BCUT2D eigenvalue weighted by molar-refractivity contribution is 6.58. The van der Waals surface area contributed by atoms with Crippen LogP contribution >= 0.6 is 23.2 Å². The van der Waals surface area contributed by atoms with E-state index in [4.69, 9.17) is 32.7 Å². The highest BCUT2D eigenvalue weighted by Gasteiger charge is 2.76. The Kier molecular flexibility index (Phi) is 8.22. The van der Waals surface area contributed by atoms with Gasteiger partial charge >= 0.3 is 5.97 Å². The first-order chi connectivity index (χ1) is 24.3. The number of imide groups is 2. The third-order valence-electron chi connectivity index (χ3n) is 10.3. The number of hydrogen-bond donors (Lipinski definition) is 2. The highest BCUT2D eigenvalue weighted by atomic mass is 35.5. The number of phenols is 1. The summed E-state index contributed by atoms with van der Waals surface area (Å²) in [5, 5.41) is 20.0. The van der Waals surface area contributed by atoms with Gasteiger partial charge in [-0.05, 0) is 78.9 Å². The maximum absolute atomic E-state index is 14.5. The second-order valence-corrected chi connectivity index (χ2v) is 14.0. The SMILES string of the molecule is COc1cc(C=C[C@H]2C3=CC[C@@H]4C(=O)N(c5cccc(C(=O)O)c5)C(=O)[C@@H]4[C@@H]3C[C@@]3(Cl)C(=O)N(c4ccc(F)cc4)C(=O)[C@@]23Cl)cc(OC)c1O. The average Bonchev–Trinajstić information content (AvgIpc) is 3.46. The molecule has 4 aliphatic rings. The molecule has 2 saturated heterocycles. The summed E-state index contributed by atoms with van der Waals surface area (Å²) >= 11 is 14.7. The molecule has 3 aromatic carbocycles. The molecule has 0 aromatic heterocycles. The van der Waals surface area contributed by atoms with Crippen LogP contribution in [0.25, 0.3) is 6.08 Å². The first kappa shape index (κ1) is 34.3. The molecule has 0 bridgehead atoms. The van der Waals surface area contributed by atoms with Gasteiger partial charge in [0.2, 0.25) is 17.6 Å². The zero-order chi connectivity index (χ0) is 36.6. The monoisotopic (exact) mass is 734 g/mol. The van der Waals surface area contributed by atoms with Crippen LogP contribution in [0.3, 0.4) is 0 Å². The maximum atomic E-state index is 14.5. The molecule has 0 spiro atoms. The number of fused-ring (bicyclic) bond motifs is 4. The van der Waals surface area contributed by atoms with E-state index in [0.29, 0.717) is 11.1 Å². The van der Waals surface area contributed by atoms with Gasteiger partial charge in [0.1, 0.15) is 5.82 Å². The van der Waals surface area contributed by atoms with Crippen LogP contribution in [-0.2, 0) is 19.2 Å². The number of methoxy groups -OCH3 is 2. The van der Waals surface area contributed by atoms with Crippen molar-refractivity contribution < 1.29 is 48.0 Å². The molecule has 11 nitrogen and oxygen atoms in total. The van der Waals surface area contributed by atoms with Crippen LogP contribution < -0.4 is 19.3 Å². The van der Waals surface area contributed by atoms with E-state index < -0.39 is 68.8 Å². The summed E-state index contributed by atoms with van der Waals surface area (Å²) in [6.45, 7) is 0. The molecule has 2 N–H and O–H groups in total. The van der Waals surface area contributed by atoms with Crippen LogP contribution in [0.2, 0.25) is 0 Å². The zero-order valence-electron chi connectivity index (χ0n) is 27.0. The van der Waals surface area contributed by atoms with Crippen LogP contribution in [0.1, 0.15) is 28.8 Å². The van der Waals surface area contributed by atoms with Crippen molar-refractivity contribution in [3.05, 3.63) is 95.3 Å². The number of halogens is 3. The van der Waals surface area contributed by atoms with Crippen LogP contribution in [0.15, 0.2) is 78.4 Å². The summed E-state index contributed by atoms with van der Waals surface area (Å²) in [5.74, 6) is -8.58. The lowest BCUT2D eigenvalue weighted by molar-refractivity contribution is -0.125. The quantitative estimate of drug-likeness (QED) is 0.181. The molecule has 6 atom stereocenters. The number of alkyl halides is 2. The molecule has 0 radical (unpaired) electrons. The predicted octanol–water partition coefficient (Wildman–Crippen LogP) is 5.56. The summed E-state index contributed by atoms with van der Waals surface area (Å²) in [7, 11) is 2.72. The van der Waals surface area contributed by atoms with E-state index in [1.54, 1.807) is 18.2 Å². The topological polar surface area (TPSA) is 151 Å². The van der Waals surface area contributed by atoms with Crippen molar-refractivity contribution in [2.45, 2.75) is 22.6 Å². The smallest absolute Gasteiger partial charge is 0.335 e. The summed E-state index contributed by atoms with van der Waals surface area (Å²) < 4.78 is 24.5. The van der Waals surface area contributed by atoms with Gasteiger partial charge in [0.05, 0.1) is 43.0 Å². The molecule has 3 aromatic rings. The molecule has 3 fully saturated rings. The molecule has 262 valence electrons. The summed E-state index contributed by atoms with van der Waals surface area (Å²) in [5.41, 5.74) is 0.992. The first-order valence-electron chi connectivity index (χ1n) is 15.8. The average molecular weight is 736 g/mol. The van der Waals surface area contributed by atoms with Crippen molar-refractivity contribution in [1.82, 2.24) is 0 Å². The molecule has 4 amide bonds. The summed E-state index contributed by atoms with van der Waals surface area (Å²) in [4.78, 5) is 66.1. The Morgan fingerprint density at radius 3 is 2.20 bits per heavy atom. The Morgan fingerprint density at radius 1 is 0.902 bits per heavy atom. The molecular formula is C37H29Cl2FN2O9. The molecule has 51 heavy (non-hydrogen) atoms. The number of aromatic hydroxyl groups is 1. The van der Waals surface area contributed by atoms with Gasteiger partial charge in [0.15, 0.2) is 21.2 Å². The Labute approximate surface area is 300 Å². The molecular weight excluding hydrogens is 706 g/mol. The number of carboxylic acid groups (broad SMARTS) is 1. The van der Waals surface area contributed by atoms with E-state index in [9.17, 15) is 38.6 Å². The number of amides is 4. The summed E-state index contributed by atoms with van der Waals surface area (Å²) in [6, 6.07) is 13.2. The lowest BCUT2D eigenvalue weighted by atomic mass is 9.57. The van der Waals surface area contributed by atoms with Crippen LogP contribution in [0, 0.1) is 29.5 Å². The minimum absolute atomic E-state index is 0.0445. The predicted molar refractivity (Wildman–Crippen MR) is 183 cm³/mol. The summed E-state index contributed by atoms with van der Waals surface area (Å²) in [6.07, 6.45) is 4.73. The lowest BCUT2D eigenvalue weighted by Crippen LogP contribution is -2.60. The molecule has 7 rings (SSSR count). The standard InChI is InChI=1S/C37H29Cl2FN2O9/c1-50-27-14-18(15-28(51-2)30(27)43)6-13-26-23-11-12-24-29(32(45)41(31(24)44)22-5-3-4-19(16-22)33(46)47)25(23)17-36(38)34(48)42(35(49)37(26,36)39)21-9-7-20(40)8-10-21/h3-11,13-16,24-26,29,43H,12,17H2,1-2H3,(H,46,47)/t24-,25+,26-,29-,36+,37-/m0/s1. The molecule has 0 unspecified atom stereocenters. The van der Waals surface area contributed by atoms with Crippen molar-refractivity contribution in [2.75, 3.05) is 24.0 Å². The molecule has 2 heterocycles. The van der Waals surface area contributed by atoms with Gasteiger partial charge in [0.25, 0.3) is 11.8 Å². The van der Waals surface area contributed by atoms with E-state index in [0.717, 1.165) is 21.9 Å². The van der Waals surface area contributed by atoms with Gasteiger partial charge in [-0.3, -0.25) is 24.1 Å². The van der Waals surface area contributed by atoms with Crippen molar-refractivity contribution >= 4 is 70.3 Å². The second-order valence-electron chi connectivity index (χ2n) is 12.8. The van der Waals surface area contributed by atoms with E-state index >= 15 is 0 Å². The molecule has 2 aliphatic heterocycles. The Morgan fingerprint density at radius 2 is 1.57 bits per heavy atom. The van der Waals surface area contributed by atoms with Crippen molar-refractivity contribution in [3.63, 3.8) is 0 Å². The number of rotatable bonds is 7. The largest absolute Gasteiger partial charge is 0.502 e. The fourth-order valence-electron chi connectivity index (χ4n) is 7.90. The third-order valence-corrected chi connectivity index (χ3v) is 11.7. The zero-order valence-corrected chi connectivity index (χ0v) is 28.5. The van der Waals surface area contributed by atoms with Gasteiger partial charge in [-0.2, -0.15) is 0 Å². The van der Waals surface area contributed by atoms with E-state index in [2.05, 4.69) is 0 Å². The number of hydrogen-bond acceptors (Lipinski definition) is 8. The number of ether oxygens (including phenoxy) is 2. The number of benzene rings is 3. The van der Waals surface area contributed by atoms with E-state index in [-0.39, 0.29) is 47.0 Å². The highest BCUT2D eigenvalue weighted by Crippen LogP contribution is 2.63.